The fourth-order valence-electron chi connectivity index (χ4n) is 6.65. The molecule has 1 atom stereocenters. The van der Waals surface area contributed by atoms with Gasteiger partial charge in [0, 0.05) is 13.5 Å². The van der Waals surface area contributed by atoms with E-state index in [1.165, 1.54) is 24.6 Å². The van der Waals surface area contributed by atoms with Crippen LogP contribution in [0.1, 0.15) is 98.8 Å². The third-order valence-electron chi connectivity index (χ3n) is 10.5. The third kappa shape index (κ3) is 8.54. The quantitative estimate of drug-likeness (QED) is 0.0301. The fourth-order valence-corrected chi connectivity index (χ4v) is 13.1. The molecule has 3 aromatic rings. The second-order valence-corrected chi connectivity index (χ2v) is 23.9. The second kappa shape index (κ2) is 17.0. The van der Waals surface area contributed by atoms with Crippen LogP contribution in [0, 0.1) is 46.5 Å². The zero-order valence-electron chi connectivity index (χ0n) is 28.7. The zero-order valence-corrected chi connectivity index (χ0v) is 30.7. The van der Waals surface area contributed by atoms with Gasteiger partial charge in [-0.1, -0.05) is 124 Å². The molecule has 1 unspecified atom stereocenters. The summed E-state index contributed by atoms with van der Waals surface area (Å²) in [6.45, 7) is 12.9. The predicted octanol–water partition coefficient (Wildman–Crippen LogP) is 13.9. The summed E-state index contributed by atoms with van der Waals surface area (Å²) in [4.78, 5) is 0. The van der Waals surface area contributed by atoms with Crippen molar-refractivity contribution in [2.45, 2.75) is 141 Å². The largest absolute Gasteiger partial charge is 0.539 e. The minimum absolute atomic E-state index is 0.156. The lowest BCUT2D eigenvalue weighted by Crippen LogP contribution is -2.45. The second-order valence-electron chi connectivity index (χ2n) is 13.8. The van der Waals surface area contributed by atoms with Gasteiger partial charge < -0.3 is 4.43 Å². The molecular formula is C36H50F8OSi2. The fraction of sp³-hybridized carbons (Fsp3) is 0.611. The summed E-state index contributed by atoms with van der Waals surface area (Å²) in [5, 5.41) is -5.43. The highest BCUT2D eigenvalue weighted by atomic mass is 28.4. The smallest absolute Gasteiger partial charge is 0.254 e. The van der Waals surface area contributed by atoms with Crippen LogP contribution < -0.4 is 4.43 Å². The summed E-state index contributed by atoms with van der Waals surface area (Å²) in [6.07, 6.45) is 9.65. The number of rotatable bonds is 19. The molecule has 3 rings (SSSR count). The van der Waals surface area contributed by atoms with Crippen molar-refractivity contribution in [3.63, 3.8) is 0 Å². The normalized spacial score (nSPS) is 13.7. The summed E-state index contributed by atoms with van der Waals surface area (Å²) in [5.74, 6) is -16.4. The van der Waals surface area contributed by atoms with Crippen molar-refractivity contribution in [3.05, 3.63) is 52.6 Å². The first-order valence-corrected chi connectivity index (χ1v) is 22.9. The van der Waals surface area contributed by atoms with Crippen LogP contribution in [0.5, 0.6) is 5.75 Å². The predicted molar refractivity (Wildman–Crippen MR) is 181 cm³/mol. The van der Waals surface area contributed by atoms with Gasteiger partial charge in [0.25, 0.3) is 8.32 Å². The molecule has 0 bridgehead atoms. The first-order valence-electron chi connectivity index (χ1n) is 17.3. The van der Waals surface area contributed by atoms with Crippen molar-refractivity contribution in [2.24, 2.45) is 0 Å². The standard InChI is InChI=1S/C36H50F8OSi2/c1-7-10-11-17-20-47(23(4)5,21-18-15-13-12-14-16-19-46(6,8-2)9-3)45-36-34(43)27-28(33(42)35(36)44)31(40)26-24(29(27)38)22-25(37)30(39)32(26)41/h22-23H,7-21H2,1-6H3. The molecule has 11 heteroatoms. The van der Waals surface area contributed by atoms with Crippen molar-refractivity contribution < 1.29 is 39.5 Å². The molecule has 47 heavy (non-hydrogen) atoms. The van der Waals surface area contributed by atoms with Gasteiger partial charge in [0.2, 0.25) is 5.82 Å². The van der Waals surface area contributed by atoms with E-state index in [-0.39, 0.29) is 11.6 Å². The minimum Gasteiger partial charge on any atom is -0.539 e. The van der Waals surface area contributed by atoms with Gasteiger partial charge >= 0.3 is 0 Å². The Balaban J connectivity index is 1.96. The molecule has 0 aromatic heterocycles. The van der Waals surface area contributed by atoms with Crippen LogP contribution in [0.4, 0.5) is 35.1 Å². The summed E-state index contributed by atoms with van der Waals surface area (Å²) in [5.41, 5.74) is -0.156. The minimum atomic E-state index is -3.08. The molecule has 3 aromatic carbocycles. The van der Waals surface area contributed by atoms with Gasteiger partial charge in [-0.2, -0.15) is 4.39 Å². The van der Waals surface area contributed by atoms with E-state index in [1.54, 1.807) is 0 Å². The highest BCUT2D eigenvalue weighted by molar-refractivity contribution is 6.78. The van der Waals surface area contributed by atoms with E-state index in [0.717, 1.165) is 57.8 Å². The van der Waals surface area contributed by atoms with Gasteiger partial charge in [0.05, 0.1) is 16.2 Å². The van der Waals surface area contributed by atoms with Crippen LogP contribution in [0.15, 0.2) is 6.07 Å². The van der Waals surface area contributed by atoms with E-state index in [4.69, 9.17) is 4.43 Å². The van der Waals surface area contributed by atoms with Crippen LogP contribution in [-0.2, 0) is 0 Å². The molecule has 0 aliphatic carbocycles. The van der Waals surface area contributed by atoms with E-state index in [0.29, 0.717) is 12.1 Å². The Morgan fingerprint density at radius 2 is 1.04 bits per heavy atom. The van der Waals surface area contributed by atoms with Crippen LogP contribution in [0.2, 0.25) is 42.3 Å². The molecule has 0 heterocycles. The maximum Gasteiger partial charge on any atom is 0.254 e. The lowest BCUT2D eigenvalue weighted by Gasteiger charge is -2.36. The average molecular weight is 707 g/mol. The van der Waals surface area contributed by atoms with Gasteiger partial charge in [-0.05, 0) is 23.7 Å². The van der Waals surface area contributed by atoms with Crippen LogP contribution >= 0.6 is 0 Å². The number of hydrogen-bond acceptors (Lipinski definition) is 1. The van der Waals surface area contributed by atoms with Gasteiger partial charge in [-0.25, -0.2) is 30.7 Å². The molecule has 264 valence electrons. The van der Waals surface area contributed by atoms with Crippen molar-refractivity contribution in [3.8, 4) is 5.75 Å². The molecule has 0 saturated carbocycles. The highest BCUT2D eigenvalue weighted by Gasteiger charge is 2.42. The monoisotopic (exact) mass is 706 g/mol. The van der Waals surface area contributed by atoms with Crippen molar-refractivity contribution in [1.29, 1.82) is 0 Å². The molecular weight excluding hydrogens is 657 g/mol. The molecule has 0 aliphatic rings. The molecule has 0 N–H and O–H groups in total. The molecule has 1 nitrogen and oxygen atoms in total. The molecule has 0 radical (unpaired) electrons. The van der Waals surface area contributed by atoms with Crippen molar-refractivity contribution >= 4 is 37.9 Å². The molecule has 0 spiro atoms. The first kappa shape index (κ1) is 39.3. The lowest BCUT2D eigenvalue weighted by molar-refractivity contribution is 0.406. The molecule has 0 saturated heterocycles. The first-order chi connectivity index (χ1) is 22.2. The van der Waals surface area contributed by atoms with Crippen molar-refractivity contribution in [2.75, 3.05) is 0 Å². The highest BCUT2D eigenvalue weighted by Crippen LogP contribution is 2.44. The van der Waals surface area contributed by atoms with Gasteiger partial charge in [0.15, 0.2) is 34.8 Å². The Morgan fingerprint density at radius 1 is 0.553 bits per heavy atom. The van der Waals surface area contributed by atoms with E-state index >= 15 is 22.0 Å². The van der Waals surface area contributed by atoms with Crippen molar-refractivity contribution in [1.82, 2.24) is 0 Å². The molecule has 0 aliphatic heterocycles. The number of hydrogen-bond donors (Lipinski definition) is 0. The van der Waals surface area contributed by atoms with Crippen LogP contribution in [0.25, 0.3) is 21.5 Å². The van der Waals surface area contributed by atoms with Gasteiger partial charge in [-0.15, -0.1) is 0 Å². The van der Waals surface area contributed by atoms with E-state index < -0.39 is 90.2 Å². The SMILES string of the molecule is CCCCCC[Si](CCCCCCCC[Si](C)(CC)CC)(Oc1c(F)c(F)c2c(F)c3c(F)c(F)c(F)cc3c(F)c2c1F)C(C)C. The van der Waals surface area contributed by atoms with E-state index in [9.17, 15) is 13.2 Å². The lowest BCUT2D eigenvalue weighted by atomic mass is 9.99. The number of unbranched alkanes of at least 4 members (excludes halogenated alkanes) is 8. The Morgan fingerprint density at radius 3 is 1.57 bits per heavy atom. The Kier molecular flexibility index (Phi) is 14.2. The summed E-state index contributed by atoms with van der Waals surface area (Å²) < 4.78 is 127. The Bertz CT molecular complexity index is 1530. The summed E-state index contributed by atoms with van der Waals surface area (Å²) in [7, 11) is -4.20. The van der Waals surface area contributed by atoms with Gasteiger partial charge in [0.1, 0.15) is 11.6 Å². The molecule has 0 fully saturated rings. The van der Waals surface area contributed by atoms with Gasteiger partial charge in [-0.3, -0.25) is 0 Å². The number of fused-ring (bicyclic) bond motifs is 2. The molecule has 0 amide bonds. The van der Waals surface area contributed by atoms with Crippen LogP contribution in [-0.4, -0.2) is 16.4 Å². The maximum absolute atomic E-state index is 16.1. The maximum atomic E-state index is 16.1. The summed E-state index contributed by atoms with van der Waals surface area (Å²) in [6, 6.07) is 5.15. The third-order valence-corrected chi connectivity index (χ3v) is 20.6. The van der Waals surface area contributed by atoms with Crippen LogP contribution in [0.3, 0.4) is 0 Å². The topological polar surface area (TPSA) is 9.23 Å². The van der Waals surface area contributed by atoms with E-state index in [1.807, 2.05) is 13.8 Å². The Hall–Kier alpha value is -2.15. The Labute approximate surface area is 276 Å². The van der Waals surface area contributed by atoms with E-state index in [2.05, 4.69) is 27.3 Å². The average Bonchev–Trinajstić information content (AvgIpc) is 3.04. The number of halogens is 8. The zero-order chi connectivity index (χ0) is 35.1. The number of benzene rings is 3. The summed E-state index contributed by atoms with van der Waals surface area (Å²) >= 11 is 0.